The fourth-order valence-electron chi connectivity index (χ4n) is 11.0. The number of rotatable bonds is 60. The number of amides is 1. The molecule has 1 aliphatic rings. The van der Waals surface area contributed by atoms with Crippen LogP contribution in [0.4, 0.5) is 0 Å². The van der Waals surface area contributed by atoms with Crippen LogP contribution in [0.15, 0.2) is 48.6 Å². The topological polar surface area (TPSA) is 175 Å². The zero-order valence-corrected chi connectivity index (χ0v) is 53.4. The molecule has 11 nitrogen and oxygen atoms in total. The maximum atomic E-state index is 13.4. The molecular formula is C71H131NO10. The molecular weight excluding hydrogens is 1030 g/mol. The van der Waals surface area contributed by atoms with Gasteiger partial charge in [0.05, 0.1) is 25.4 Å². The first-order valence-electron chi connectivity index (χ1n) is 34.9. The molecule has 480 valence electrons. The fourth-order valence-corrected chi connectivity index (χ4v) is 11.0. The molecule has 1 rings (SSSR count). The van der Waals surface area contributed by atoms with Crippen molar-refractivity contribution in [3.63, 3.8) is 0 Å². The summed E-state index contributed by atoms with van der Waals surface area (Å²) in [6.45, 7) is 5.80. The molecule has 0 saturated carbocycles. The Labute approximate surface area is 504 Å². The number of allylic oxidation sites excluding steroid dienone is 7. The highest BCUT2D eigenvalue weighted by molar-refractivity contribution is 5.80. The van der Waals surface area contributed by atoms with E-state index in [2.05, 4.69) is 62.5 Å². The lowest BCUT2D eigenvalue weighted by Gasteiger charge is -2.41. The van der Waals surface area contributed by atoms with Crippen LogP contribution in [0.3, 0.4) is 0 Å². The summed E-state index contributed by atoms with van der Waals surface area (Å²) in [5.41, 5.74) is 0. The number of hydrogen-bond donors (Lipinski definition) is 6. The van der Waals surface area contributed by atoms with Crippen molar-refractivity contribution in [1.29, 1.82) is 0 Å². The highest BCUT2D eigenvalue weighted by Crippen LogP contribution is 2.26. The average Bonchev–Trinajstić information content (AvgIpc) is 3.48. The van der Waals surface area contributed by atoms with Gasteiger partial charge in [-0.15, -0.1) is 0 Å². The average molecular weight is 1160 g/mol. The number of carbonyl (C=O) groups excluding carboxylic acids is 2. The van der Waals surface area contributed by atoms with E-state index in [1.54, 1.807) is 6.08 Å². The minimum Gasteiger partial charge on any atom is -0.454 e. The van der Waals surface area contributed by atoms with E-state index in [1.165, 1.54) is 212 Å². The molecule has 0 aliphatic carbocycles. The van der Waals surface area contributed by atoms with Gasteiger partial charge in [0, 0.05) is 6.42 Å². The van der Waals surface area contributed by atoms with Gasteiger partial charge >= 0.3 is 5.97 Å². The van der Waals surface area contributed by atoms with Crippen LogP contribution >= 0.6 is 0 Å². The predicted octanol–water partition coefficient (Wildman–Crippen LogP) is 17.6. The Bertz CT molecular complexity index is 1520. The molecule has 1 aliphatic heterocycles. The third-order valence-corrected chi connectivity index (χ3v) is 16.5. The Kier molecular flexibility index (Phi) is 55.8. The van der Waals surface area contributed by atoms with Crippen molar-refractivity contribution in [2.45, 2.75) is 378 Å². The highest BCUT2D eigenvalue weighted by Gasteiger charge is 2.47. The molecule has 1 fully saturated rings. The molecule has 0 aromatic carbocycles. The normalized spacial score (nSPS) is 18.9. The molecule has 6 N–H and O–H groups in total. The molecule has 0 radical (unpaired) electrons. The van der Waals surface area contributed by atoms with Crippen LogP contribution in [-0.2, 0) is 23.8 Å². The molecule has 1 heterocycles. The Morgan fingerprint density at radius 3 is 1.28 bits per heavy atom. The van der Waals surface area contributed by atoms with Crippen LogP contribution in [0, 0.1) is 0 Å². The highest BCUT2D eigenvalue weighted by atomic mass is 16.7. The van der Waals surface area contributed by atoms with Crippen molar-refractivity contribution in [2.75, 3.05) is 13.2 Å². The van der Waals surface area contributed by atoms with Crippen LogP contribution in [0.1, 0.15) is 329 Å². The Balaban J connectivity index is 2.53. The molecule has 11 heteroatoms. The van der Waals surface area contributed by atoms with E-state index in [1.807, 2.05) is 6.08 Å². The number of esters is 1. The summed E-state index contributed by atoms with van der Waals surface area (Å²) in [4.78, 5) is 26.6. The lowest BCUT2D eigenvalue weighted by atomic mass is 9.99. The summed E-state index contributed by atoms with van der Waals surface area (Å²) in [6, 6.07) is -1.02. The summed E-state index contributed by atoms with van der Waals surface area (Å²) in [5, 5.41) is 57.1. The Morgan fingerprint density at radius 2 is 0.841 bits per heavy atom. The summed E-state index contributed by atoms with van der Waals surface area (Å²) in [5.74, 6) is -1.18. The van der Waals surface area contributed by atoms with Crippen molar-refractivity contribution in [2.24, 2.45) is 0 Å². The molecule has 0 spiro atoms. The van der Waals surface area contributed by atoms with E-state index in [0.29, 0.717) is 19.3 Å². The molecule has 0 aromatic heterocycles. The van der Waals surface area contributed by atoms with E-state index in [-0.39, 0.29) is 13.0 Å². The predicted molar refractivity (Wildman–Crippen MR) is 343 cm³/mol. The number of unbranched alkanes of at least 4 members (excludes halogenated alkanes) is 40. The lowest BCUT2D eigenvalue weighted by molar-refractivity contribution is -0.305. The number of carbonyl (C=O) groups is 2. The van der Waals surface area contributed by atoms with Gasteiger partial charge in [-0.3, -0.25) is 9.59 Å². The van der Waals surface area contributed by atoms with Crippen LogP contribution in [0.25, 0.3) is 0 Å². The van der Waals surface area contributed by atoms with Gasteiger partial charge in [-0.2, -0.15) is 0 Å². The molecule has 1 amide bonds. The standard InChI is InChI=1S/C71H131NO10/c1-4-7-10-13-16-19-22-25-27-28-29-30-31-32-33-34-35-36-37-38-39-41-44-47-50-53-56-59-66(76)82-69-68(78)67(77)65(60-73)81-71(69)80-61-62(63(74)57-54-51-48-45-42-24-21-18-15-12-9-6-3)72-70(79)64(75)58-55-52-49-46-43-40-26-23-20-17-14-11-8-5-2/h16,19,25,27,29-30,54,57,62-65,67-69,71,73-75,77-78H,4-15,17-18,20-24,26,28,31-53,55-56,58-61H2,1-3H3,(H,72,79)/b19-16-,27-25-,30-29-,57-54+. The largest absolute Gasteiger partial charge is 0.454 e. The molecule has 8 unspecified atom stereocenters. The van der Waals surface area contributed by atoms with E-state index in [9.17, 15) is 35.1 Å². The smallest absolute Gasteiger partial charge is 0.306 e. The number of aliphatic hydroxyl groups excluding tert-OH is 5. The summed E-state index contributed by atoms with van der Waals surface area (Å²) >= 11 is 0. The van der Waals surface area contributed by atoms with Crippen LogP contribution < -0.4 is 5.32 Å². The number of nitrogens with one attached hydrogen (secondary N) is 1. The SMILES string of the molecule is CCCCC/C=C\C/C=C\C/C=C\CCCCCCCCCCCCCCCCC(=O)OC1C(OCC(NC(=O)C(O)CCCCCCCCCCCCCCCC)C(O)/C=C/CCCCCCCCCCCC)OC(CO)C(O)C1O. The fraction of sp³-hybridized carbons (Fsp3) is 0.859. The lowest BCUT2D eigenvalue weighted by Crippen LogP contribution is -2.61. The van der Waals surface area contributed by atoms with Crippen LogP contribution in [0.2, 0.25) is 0 Å². The second kappa shape index (κ2) is 59.0. The summed E-state index contributed by atoms with van der Waals surface area (Å²) in [6.07, 6.45) is 63.0. The van der Waals surface area contributed by atoms with Crippen molar-refractivity contribution < 1.29 is 49.3 Å². The zero-order chi connectivity index (χ0) is 59.6. The van der Waals surface area contributed by atoms with Crippen LogP contribution in [-0.4, -0.2) is 99.6 Å². The third kappa shape index (κ3) is 45.9. The molecule has 82 heavy (non-hydrogen) atoms. The monoisotopic (exact) mass is 1160 g/mol. The minimum absolute atomic E-state index is 0.125. The molecule has 0 aromatic rings. The Hall–Kier alpha value is -2.38. The quantitative estimate of drug-likeness (QED) is 0.0195. The summed E-state index contributed by atoms with van der Waals surface area (Å²) in [7, 11) is 0. The van der Waals surface area contributed by atoms with E-state index < -0.39 is 67.4 Å². The zero-order valence-electron chi connectivity index (χ0n) is 53.4. The van der Waals surface area contributed by atoms with Gasteiger partial charge in [0.2, 0.25) is 5.91 Å². The second-order valence-corrected chi connectivity index (χ2v) is 24.3. The van der Waals surface area contributed by atoms with Crippen molar-refractivity contribution in [1.82, 2.24) is 5.32 Å². The summed E-state index contributed by atoms with van der Waals surface area (Å²) < 4.78 is 17.7. The van der Waals surface area contributed by atoms with E-state index in [0.717, 1.165) is 70.6 Å². The van der Waals surface area contributed by atoms with Crippen molar-refractivity contribution in [3.8, 4) is 0 Å². The van der Waals surface area contributed by atoms with Gasteiger partial charge in [-0.25, -0.2) is 0 Å². The maximum absolute atomic E-state index is 13.4. The minimum atomic E-state index is -1.61. The first-order valence-corrected chi connectivity index (χ1v) is 34.9. The number of aliphatic hydroxyl groups is 5. The second-order valence-electron chi connectivity index (χ2n) is 24.3. The maximum Gasteiger partial charge on any atom is 0.306 e. The van der Waals surface area contributed by atoms with Gasteiger partial charge in [0.25, 0.3) is 0 Å². The van der Waals surface area contributed by atoms with Crippen molar-refractivity contribution >= 4 is 11.9 Å². The first-order chi connectivity index (χ1) is 40.2. The first kappa shape index (κ1) is 77.6. The van der Waals surface area contributed by atoms with Crippen molar-refractivity contribution in [3.05, 3.63) is 48.6 Å². The number of hydrogen-bond acceptors (Lipinski definition) is 10. The van der Waals surface area contributed by atoms with E-state index in [4.69, 9.17) is 14.2 Å². The van der Waals surface area contributed by atoms with Gasteiger partial charge in [0.15, 0.2) is 12.4 Å². The Morgan fingerprint density at radius 1 is 0.476 bits per heavy atom. The molecule has 0 bridgehead atoms. The number of ether oxygens (including phenoxy) is 3. The molecule has 8 atom stereocenters. The van der Waals surface area contributed by atoms with Gasteiger partial charge in [-0.1, -0.05) is 307 Å². The van der Waals surface area contributed by atoms with Crippen LogP contribution in [0.5, 0.6) is 0 Å². The van der Waals surface area contributed by atoms with Gasteiger partial charge < -0.3 is 45.1 Å². The van der Waals surface area contributed by atoms with Gasteiger partial charge in [0.1, 0.15) is 24.4 Å². The van der Waals surface area contributed by atoms with E-state index >= 15 is 0 Å². The van der Waals surface area contributed by atoms with Gasteiger partial charge in [-0.05, 0) is 64.2 Å². The molecule has 1 saturated heterocycles. The third-order valence-electron chi connectivity index (χ3n) is 16.5.